The monoisotopic (exact) mass is 627 g/mol. The van der Waals surface area contributed by atoms with Crippen LogP contribution in [0.1, 0.15) is 50.2 Å². The molecule has 0 aliphatic carbocycles. The minimum absolute atomic E-state index is 0.0139. The van der Waals surface area contributed by atoms with Crippen LogP contribution in [-0.4, -0.2) is 68.7 Å². The van der Waals surface area contributed by atoms with Crippen molar-refractivity contribution in [2.75, 3.05) is 26.8 Å². The lowest BCUT2D eigenvalue weighted by atomic mass is 9.84. The average Bonchev–Trinajstić information content (AvgIpc) is 3.02. The van der Waals surface area contributed by atoms with Crippen LogP contribution in [0.25, 0.3) is 0 Å². The topological polar surface area (TPSA) is 125 Å². The van der Waals surface area contributed by atoms with Crippen molar-refractivity contribution < 1.29 is 32.2 Å². The predicted molar refractivity (Wildman–Crippen MR) is 167 cm³/mol. The maximum Gasteiger partial charge on any atom is 0.407 e. The summed E-state index contributed by atoms with van der Waals surface area (Å²) < 4.78 is 46.4. The molecule has 0 heterocycles. The van der Waals surface area contributed by atoms with Gasteiger partial charge in [-0.2, -0.15) is 4.31 Å². The SMILES string of the molecule is COC(=O)N[C@H](C(=O)NCCCC[C@@H](CO)N(CC(C)C)S(=O)(=O)c1ccc(F)cc1)C(c1ccccc1)c1ccccc1. The fourth-order valence-corrected chi connectivity index (χ4v) is 6.89. The van der Waals surface area contributed by atoms with Crippen LogP contribution >= 0.6 is 0 Å². The van der Waals surface area contributed by atoms with Crippen LogP contribution in [0.15, 0.2) is 89.8 Å². The van der Waals surface area contributed by atoms with E-state index in [1.165, 1.54) is 23.5 Å². The van der Waals surface area contributed by atoms with Crippen LogP contribution in [0.2, 0.25) is 0 Å². The molecular formula is C33H42FN3O6S. The van der Waals surface area contributed by atoms with E-state index < -0.39 is 45.8 Å². The number of rotatable bonds is 16. The van der Waals surface area contributed by atoms with Gasteiger partial charge in [-0.05, 0) is 54.2 Å². The molecule has 9 nitrogen and oxygen atoms in total. The van der Waals surface area contributed by atoms with Gasteiger partial charge in [0.1, 0.15) is 11.9 Å². The van der Waals surface area contributed by atoms with Gasteiger partial charge in [0, 0.05) is 25.0 Å². The number of nitrogens with zero attached hydrogens (tertiary/aromatic N) is 1. The molecule has 44 heavy (non-hydrogen) atoms. The van der Waals surface area contributed by atoms with Gasteiger partial charge >= 0.3 is 6.09 Å². The van der Waals surface area contributed by atoms with Gasteiger partial charge in [-0.25, -0.2) is 17.6 Å². The van der Waals surface area contributed by atoms with Gasteiger partial charge in [-0.1, -0.05) is 80.9 Å². The molecule has 0 unspecified atom stereocenters. The van der Waals surface area contributed by atoms with Crippen molar-refractivity contribution in [1.29, 1.82) is 0 Å². The van der Waals surface area contributed by atoms with Crippen molar-refractivity contribution in [1.82, 2.24) is 14.9 Å². The molecule has 0 saturated heterocycles. The molecule has 2 amide bonds. The zero-order chi connectivity index (χ0) is 32.1. The smallest absolute Gasteiger partial charge is 0.407 e. The number of unbranched alkanes of at least 4 members (excludes halogenated alkanes) is 1. The molecule has 0 aliphatic heterocycles. The molecule has 2 atom stereocenters. The highest BCUT2D eigenvalue weighted by molar-refractivity contribution is 7.89. The molecule has 0 radical (unpaired) electrons. The van der Waals surface area contributed by atoms with Gasteiger partial charge in [-0.15, -0.1) is 0 Å². The zero-order valence-electron chi connectivity index (χ0n) is 25.4. The lowest BCUT2D eigenvalue weighted by Crippen LogP contribution is -2.50. The quantitative estimate of drug-likeness (QED) is 0.198. The Morgan fingerprint density at radius 3 is 1.98 bits per heavy atom. The summed E-state index contributed by atoms with van der Waals surface area (Å²) in [5, 5.41) is 15.8. The number of methoxy groups -OCH3 is 1. The summed E-state index contributed by atoms with van der Waals surface area (Å²) >= 11 is 0. The van der Waals surface area contributed by atoms with E-state index in [2.05, 4.69) is 10.6 Å². The lowest BCUT2D eigenvalue weighted by molar-refractivity contribution is -0.123. The number of halogens is 1. The molecule has 0 spiro atoms. The fourth-order valence-electron chi connectivity index (χ4n) is 5.08. The Labute approximate surface area is 259 Å². The summed E-state index contributed by atoms with van der Waals surface area (Å²) in [4.78, 5) is 25.8. The Hall–Kier alpha value is -3.80. The lowest BCUT2D eigenvalue weighted by Gasteiger charge is -2.31. The van der Waals surface area contributed by atoms with Gasteiger partial charge in [0.05, 0.1) is 18.6 Å². The second kappa shape index (κ2) is 16.9. The molecular weight excluding hydrogens is 585 g/mol. The van der Waals surface area contributed by atoms with Crippen molar-refractivity contribution in [3.63, 3.8) is 0 Å². The van der Waals surface area contributed by atoms with Gasteiger partial charge in [0.15, 0.2) is 0 Å². The van der Waals surface area contributed by atoms with E-state index in [-0.39, 0.29) is 30.5 Å². The molecule has 3 aromatic rings. The molecule has 0 aliphatic rings. The number of alkyl carbamates (subject to hydrolysis) is 1. The van der Waals surface area contributed by atoms with Crippen molar-refractivity contribution in [3.05, 3.63) is 102 Å². The third-order valence-corrected chi connectivity index (χ3v) is 9.17. The van der Waals surface area contributed by atoms with E-state index in [9.17, 15) is 27.5 Å². The molecule has 0 saturated carbocycles. The first-order valence-electron chi connectivity index (χ1n) is 14.7. The van der Waals surface area contributed by atoms with Gasteiger partial charge in [0.2, 0.25) is 15.9 Å². The Bertz CT molecular complexity index is 1380. The van der Waals surface area contributed by atoms with Crippen molar-refractivity contribution >= 4 is 22.0 Å². The standard InChI is InChI=1S/C33H42FN3O6S/c1-24(2)22-37(44(41,42)29-19-17-27(34)18-20-29)28(23-38)16-10-11-21-35-32(39)31(36-33(40)43-3)30(25-12-6-4-7-13-25)26-14-8-5-9-15-26/h4-9,12-15,17-20,24,28,30-31,38H,10-11,16,21-23H2,1-3H3,(H,35,39)(H,36,40)/t28-,31-/m0/s1. The number of carbonyl (C=O) groups is 2. The summed E-state index contributed by atoms with van der Waals surface area (Å²) in [6.07, 6.45) is 0.621. The Morgan fingerprint density at radius 1 is 0.909 bits per heavy atom. The Kier molecular flexibility index (Phi) is 13.3. The number of hydrogen-bond acceptors (Lipinski definition) is 6. The number of benzene rings is 3. The largest absolute Gasteiger partial charge is 0.453 e. The second-order valence-electron chi connectivity index (χ2n) is 11.0. The summed E-state index contributed by atoms with van der Waals surface area (Å²) in [6, 6.07) is 21.8. The van der Waals surface area contributed by atoms with Crippen molar-refractivity contribution in [2.45, 2.75) is 56.0 Å². The minimum atomic E-state index is -3.98. The Balaban J connectivity index is 1.70. The molecule has 3 N–H and O–H groups in total. The zero-order valence-corrected chi connectivity index (χ0v) is 26.2. The van der Waals surface area contributed by atoms with Crippen molar-refractivity contribution in [3.8, 4) is 0 Å². The number of sulfonamides is 1. The molecule has 0 aromatic heterocycles. The fraction of sp³-hybridized carbons (Fsp3) is 0.394. The number of ether oxygens (including phenoxy) is 1. The molecule has 238 valence electrons. The maximum atomic E-state index is 13.5. The van der Waals surface area contributed by atoms with Gasteiger partial charge in [0.25, 0.3) is 0 Å². The van der Waals surface area contributed by atoms with Crippen LogP contribution in [0.3, 0.4) is 0 Å². The minimum Gasteiger partial charge on any atom is -0.453 e. The summed E-state index contributed by atoms with van der Waals surface area (Å²) in [6.45, 7) is 3.83. The van der Waals surface area contributed by atoms with Crippen LogP contribution in [0, 0.1) is 11.7 Å². The number of aliphatic hydroxyl groups is 1. The molecule has 3 rings (SSSR count). The first-order valence-corrected chi connectivity index (χ1v) is 16.1. The average molecular weight is 628 g/mol. The normalized spacial score (nSPS) is 13.1. The highest BCUT2D eigenvalue weighted by Crippen LogP contribution is 2.29. The first-order chi connectivity index (χ1) is 21.1. The van der Waals surface area contributed by atoms with Crippen LogP contribution in [0.4, 0.5) is 9.18 Å². The molecule has 3 aromatic carbocycles. The van der Waals surface area contributed by atoms with E-state index >= 15 is 0 Å². The number of nitrogens with one attached hydrogen (secondary N) is 2. The molecule has 11 heteroatoms. The van der Waals surface area contributed by atoms with E-state index in [4.69, 9.17) is 4.74 Å². The van der Waals surface area contributed by atoms with Gasteiger partial charge in [-0.3, -0.25) is 4.79 Å². The van der Waals surface area contributed by atoms with Crippen molar-refractivity contribution in [2.24, 2.45) is 5.92 Å². The molecule has 0 fully saturated rings. The van der Waals surface area contributed by atoms with Crippen LogP contribution in [0.5, 0.6) is 0 Å². The Morgan fingerprint density at radius 2 is 1.48 bits per heavy atom. The van der Waals surface area contributed by atoms with E-state index in [0.29, 0.717) is 19.3 Å². The molecule has 0 bridgehead atoms. The van der Waals surface area contributed by atoms with E-state index in [1.54, 1.807) is 0 Å². The predicted octanol–water partition coefficient (Wildman–Crippen LogP) is 4.68. The summed E-state index contributed by atoms with van der Waals surface area (Å²) in [5.41, 5.74) is 1.68. The van der Waals surface area contributed by atoms with E-state index in [0.717, 1.165) is 23.3 Å². The highest BCUT2D eigenvalue weighted by atomic mass is 32.2. The maximum absolute atomic E-state index is 13.5. The van der Waals surface area contributed by atoms with Crippen LogP contribution < -0.4 is 10.6 Å². The van der Waals surface area contributed by atoms with E-state index in [1.807, 2.05) is 74.5 Å². The third kappa shape index (κ3) is 9.60. The number of carbonyl (C=O) groups excluding carboxylic acids is 2. The van der Waals surface area contributed by atoms with Gasteiger partial charge < -0.3 is 20.5 Å². The third-order valence-electron chi connectivity index (χ3n) is 7.24. The number of hydrogen-bond donors (Lipinski definition) is 3. The number of amides is 2. The highest BCUT2D eigenvalue weighted by Gasteiger charge is 2.33. The summed E-state index contributed by atoms with van der Waals surface area (Å²) in [5.74, 6) is -1.44. The first kappa shape index (κ1) is 34.7. The van der Waals surface area contributed by atoms with Crippen LogP contribution in [-0.2, 0) is 19.6 Å². The second-order valence-corrected chi connectivity index (χ2v) is 12.8. The summed E-state index contributed by atoms with van der Waals surface area (Å²) in [7, 11) is -2.75. The number of aliphatic hydroxyl groups excluding tert-OH is 1.